The number of aliphatic hydroxyl groups is 1. The number of aryl methyl sites for hydroxylation is 1. The Kier molecular flexibility index (Phi) is 3.99. The Morgan fingerprint density at radius 1 is 1.39 bits per heavy atom. The molecule has 0 aliphatic carbocycles. The van der Waals surface area contributed by atoms with E-state index in [-0.39, 0.29) is 0 Å². The highest BCUT2D eigenvalue weighted by Crippen LogP contribution is 2.27. The van der Waals surface area contributed by atoms with Gasteiger partial charge in [-0.15, -0.1) is 11.3 Å². The predicted octanol–water partition coefficient (Wildman–Crippen LogP) is 3.14. The average molecular weight is 262 g/mol. The van der Waals surface area contributed by atoms with Crippen molar-refractivity contribution in [3.8, 4) is 0 Å². The molecule has 96 valence electrons. The maximum Gasteiger partial charge on any atom is 0.0798 e. The second kappa shape index (κ2) is 5.50. The van der Waals surface area contributed by atoms with Crippen LogP contribution < -0.4 is 4.90 Å². The van der Waals surface area contributed by atoms with Gasteiger partial charge in [-0.05, 0) is 19.9 Å². The topological polar surface area (TPSA) is 36.4 Å². The molecular weight excluding hydrogens is 244 g/mol. The molecule has 18 heavy (non-hydrogen) atoms. The van der Waals surface area contributed by atoms with E-state index in [0.29, 0.717) is 0 Å². The van der Waals surface area contributed by atoms with E-state index in [2.05, 4.69) is 9.88 Å². The normalized spacial score (nSPS) is 12.4. The third-order valence-electron chi connectivity index (χ3n) is 3.02. The van der Waals surface area contributed by atoms with Crippen LogP contribution in [0.5, 0.6) is 0 Å². The van der Waals surface area contributed by atoms with Gasteiger partial charge in [0, 0.05) is 23.2 Å². The van der Waals surface area contributed by atoms with Gasteiger partial charge < -0.3 is 10.0 Å². The largest absolute Gasteiger partial charge is 0.389 e. The number of anilines is 1. The SMILES string of the molecule is Cc1ncsc1CN(C)c1ccccc1C(C)O. The monoisotopic (exact) mass is 262 g/mol. The standard InChI is InChI=1S/C14H18N2OS/c1-10-14(18-9-15-10)8-16(3)13-7-5-4-6-12(13)11(2)17/h4-7,9,11,17H,8H2,1-3H3. The highest BCUT2D eigenvalue weighted by molar-refractivity contribution is 7.09. The Hall–Kier alpha value is -1.39. The van der Waals surface area contributed by atoms with Crippen molar-refractivity contribution in [1.82, 2.24) is 4.98 Å². The molecule has 3 nitrogen and oxygen atoms in total. The molecule has 1 aromatic carbocycles. The number of hydrogen-bond acceptors (Lipinski definition) is 4. The fourth-order valence-electron chi connectivity index (χ4n) is 1.97. The van der Waals surface area contributed by atoms with Crippen LogP contribution in [-0.4, -0.2) is 17.1 Å². The summed E-state index contributed by atoms with van der Waals surface area (Å²) in [4.78, 5) is 7.68. The zero-order chi connectivity index (χ0) is 13.1. The van der Waals surface area contributed by atoms with Gasteiger partial charge in [0.1, 0.15) is 0 Å². The van der Waals surface area contributed by atoms with E-state index in [1.807, 2.05) is 43.7 Å². The smallest absolute Gasteiger partial charge is 0.0798 e. The molecule has 0 saturated carbocycles. The van der Waals surface area contributed by atoms with E-state index < -0.39 is 6.10 Å². The minimum Gasteiger partial charge on any atom is -0.389 e. The van der Waals surface area contributed by atoms with Gasteiger partial charge in [0.2, 0.25) is 0 Å². The lowest BCUT2D eigenvalue weighted by molar-refractivity contribution is 0.199. The van der Waals surface area contributed by atoms with Crippen molar-refractivity contribution in [2.24, 2.45) is 0 Å². The van der Waals surface area contributed by atoms with E-state index in [0.717, 1.165) is 23.5 Å². The van der Waals surface area contributed by atoms with Crippen LogP contribution in [0, 0.1) is 6.92 Å². The molecule has 2 aromatic rings. The quantitative estimate of drug-likeness (QED) is 0.919. The average Bonchev–Trinajstić information content (AvgIpc) is 2.75. The molecule has 1 unspecified atom stereocenters. The second-order valence-electron chi connectivity index (χ2n) is 4.45. The van der Waals surface area contributed by atoms with Crippen molar-refractivity contribution >= 4 is 17.0 Å². The van der Waals surface area contributed by atoms with Crippen LogP contribution in [0.1, 0.15) is 29.2 Å². The van der Waals surface area contributed by atoms with Gasteiger partial charge in [-0.1, -0.05) is 18.2 Å². The molecule has 1 aromatic heterocycles. The Bertz CT molecular complexity index is 522. The second-order valence-corrected chi connectivity index (χ2v) is 5.39. The van der Waals surface area contributed by atoms with Crippen LogP contribution in [-0.2, 0) is 6.54 Å². The zero-order valence-electron chi connectivity index (χ0n) is 10.9. The first-order valence-electron chi connectivity index (χ1n) is 5.96. The molecule has 4 heteroatoms. The Labute approximate surface area is 112 Å². The maximum absolute atomic E-state index is 9.80. The van der Waals surface area contributed by atoms with E-state index in [9.17, 15) is 5.11 Å². The molecule has 0 aliphatic heterocycles. The van der Waals surface area contributed by atoms with Crippen LogP contribution in [0.4, 0.5) is 5.69 Å². The molecule has 0 spiro atoms. The number of aromatic nitrogens is 1. The van der Waals surface area contributed by atoms with Gasteiger partial charge >= 0.3 is 0 Å². The summed E-state index contributed by atoms with van der Waals surface area (Å²) in [6.45, 7) is 4.64. The summed E-state index contributed by atoms with van der Waals surface area (Å²) < 4.78 is 0. The molecular formula is C14H18N2OS. The molecule has 0 fully saturated rings. The van der Waals surface area contributed by atoms with Gasteiger partial charge in [0.15, 0.2) is 0 Å². The van der Waals surface area contributed by atoms with Crippen LogP contribution >= 0.6 is 11.3 Å². The van der Waals surface area contributed by atoms with Crippen LogP contribution in [0.15, 0.2) is 29.8 Å². The number of nitrogens with zero attached hydrogens (tertiary/aromatic N) is 2. The Morgan fingerprint density at radius 2 is 2.11 bits per heavy atom. The van der Waals surface area contributed by atoms with Crippen molar-refractivity contribution in [1.29, 1.82) is 0 Å². The van der Waals surface area contributed by atoms with Crippen molar-refractivity contribution in [3.63, 3.8) is 0 Å². The Morgan fingerprint density at radius 3 is 2.72 bits per heavy atom. The molecule has 0 radical (unpaired) electrons. The van der Waals surface area contributed by atoms with Crippen molar-refractivity contribution in [2.75, 3.05) is 11.9 Å². The summed E-state index contributed by atoms with van der Waals surface area (Å²) in [5, 5.41) is 9.80. The minimum absolute atomic E-state index is 0.453. The number of rotatable bonds is 4. The maximum atomic E-state index is 9.80. The van der Waals surface area contributed by atoms with E-state index in [1.165, 1.54) is 4.88 Å². The van der Waals surface area contributed by atoms with E-state index in [4.69, 9.17) is 0 Å². The van der Waals surface area contributed by atoms with Crippen molar-refractivity contribution < 1.29 is 5.11 Å². The fourth-order valence-corrected chi connectivity index (χ4v) is 2.80. The first-order valence-corrected chi connectivity index (χ1v) is 6.84. The number of para-hydroxylation sites is 1. The first-order chi connectivity index (χ1) is 8.59. The van der Waals surface area contributed by atoms with Crippen molar-refractivity contribution in [2.45, 2.75) is 26.5 Å². The molecule has 0 bridgehead atoms. The summed E-state index contributed by atoms with van der Waals surface area (Å²) in [6, 6.07) is 7.96. The van der Waals surface area contributed by atoms with Crippen LogP contribution in [0.2, 0.25) is 0 Å². The molecule has 1 atom stereocenters. The lowest BCUT2D eigenvalue weighted by atomic mass is 10.1. The summed E-state index contributed by atoms with van der Waals surface area (Å²) >= 11 is 1.67. The molecule has 1 heterocycles. The lowest BCUT2D eigenvalue weighted by Gasteiger charge is -2.23. The third-order valence-corrected chi connectivity index (χ3v) is 3.94. The molecule has 2 rings (SSSR count). The predicted molar refractivity (Wildman–Crippen MR) is 76.0 cm³/mol. The van der Waals surface area contributed by atoms with Gasteiger partial charge in [0.05, 0.1) is 23.9 Å². The van der Waals surface area contributed by atoms with Gasteiger partial charge in [-0.3, -0.25) is 0 Å². The van der Waals surface area contributed by atoms with Crippen LogP contribution in [0.25, 0.3) is 0 Å². The molecule has 0 amide bonds. The van der Waals surface area contributed by atoms with Crippen LogP contribution in [0.3, 0.4) is 0 Å². The molecule has 1 N–H and O–H groups in total. The molecule has 0 aliphatic rings. The third kappa shape index (κ3) is 2.71. The number of benzene rings is 1. The minimum atomic E-state index is -0.453. The van der Waals surface area contributed by atoms with Gasteiger partial charge in [-0.2, -0.15) is 0 Å². The van der Waals surface area contributed by atoms with Gasteiger partial charge in [0.25, 0.3) is 0 Å². The Balaban J connectivity index is 2.24. The van der Waals surface area contributed by atoms with Crippen molar-refractivity contribution in [3.05, 3.63) is 45.9 Å². The number of thiazole rings is 1. The highest BCUT2D eigenvalue weighted by atomic mass is 32.1. The van der Waals surface area contributed by atoms with E-state index in [1.54, 1.807) is 18.3 Å². The summed E-state index contributed by atoms with van der Waals surface area (Å²) in [5.74, 6) is 0. The van der Waals surface area contributed by atoms with E-state index >= 15 is 0 Å². The summed E-state index contributed by atoms with van der Waals surface area (Å²) in [5.41, 5.74) is 4.99. The molecule has 0 saturated heterocycles. The number of hydrogen-bond donors (Lipinski definition) is 1. The zero-order valence-corrected chi connectivity index (χ0v) is 11.7. The number of aliphatic hydroxyl groups excluding tert-OH is 1. The summed E-state index contributed by atoms with van der Waals surface area (Å²) in [6.07, 6.45) is -0.453. The first kappa shape index (κ1) is 13.1. The fraction of sp³-hybridized carbons (Fsp3) is 0.357. The summed E-state index contributed by atoms with van der Waals surface area (Å²) in [7, 11) is 2.04. The highest BCUT2D eigenvalue weighted by Gasteiger charge is 2.12. The van der Waals surface area contributed by atoms with Gasteiger partial charge in [-0.25, -0.2) is 4.98 Å². The lowest BCUT2D eigenvalue weighted by Crippen LogP contribution is -2.18.